The third-order valence-electron chi connectivity index (χ3n) is 3.58. The quantitative estimate of drug-likeness (QED) is 0.789. The van der Waals surface area contributed by atoms with Crippen LogP contribution >= 0.6 is 0 Å². The first-order chi connectivity index (χ1) is 9.60. The van der Waals surface area contributed by atoms with Crippen molar-refractivity contribution in [1.29, 1.82) is 0 Å². The molecule has 0 amide bonds. The van der Waals surface area contributed by atoms with Gasteiger partial charge < -0.3 is 14.4 Å². The molecule has 3 rings (SSSR count). The summed E-state index contributed by atoms with van der Waals surface area (Å²) in [5, 5.41) is 11.0. The molecule has 8 heteroatoms. The molecule has 1 saturated heterocycles. The first-order valence-corrected chi connectivity index (χ1v) is 8.25. The van der Waals surface area contributed by atoms with Crippen molar-refractivity contribution in [2.75, 3.05) is 26.3 Å². The van der Waals surface area contributed by atoms with Gasteiger partial charge in [-0.05, 0) is 18.9 Å². The van der Waals surface area contributed by atoms with Crippen LogP contribution in [0.25, 0.3) is 0 Å². The number of hydrogen-bond donors (Lipinski definition) is 2. The Morgan fingerprint density at radius 1 is 1.35 bits per heavy atom. The van der Waals surface area contributed by atoms with Gasteiger partial charge in [-0.25, -0.2) is 13.4 Å². The number of sulfonamides is 1. The van der Waals surface area contributed by atoms with Crippen LogP contribution in [-0.4, -0.2) is 49.4 Å². The summed E-state index contributed by atoms with van der Waals surface area (Å²) in [6.45, 7) is 1.97. The maximum Gasteiger partial charge on any atom is 0.254 e. The van der Waals surface area contributed by atoms with Crippen molar-refractivity contribution in [2.45, 2.75) is 30.4 Å². The molecule has 0 bridgehead atoms. The number of hydrazine groups is 1. The Kier molecular flexibility index (Phi) is 3.83. The van der Waals surface area contributed by atoms with Gasteiger partial charge in [-0.2, -0.15) is 0 Å². The molecule has 0 atom stereocenters. The highest BCUT2D eigenvalue weighted by Crippen LogP contribution is 2.37. The van der Waals surface area contributed by atoms with Crippen LogP contribution in [0, 0.1) is 0 Å². The van der Waals surface area contributed by atoms with Crippen LogP contribution in [0.3, 0.4) is 0 Å². The minimum Gasteiger partial charge on any atom is -0.390 e. The fourth-order valence-corrected chi connectivity index (χ4v) is 3.51. The minimum atomic E-state index is -3.59. The van der Waals surface area contributed by atoms with Gasteiger partial charge in [0.25, 0.3) is 10.0 Å². The summed E-state index contributed by atoms with van der Waals surface area (Å²) >= 11 is 0. The smallest absolute Gasteiger partial charge is 0.254 e. The number of morpholine rings is 1. The SMILES string of the molecule is O=S(=O)(NN1CCOCC1)c1cc(CO)n(C2CC2)c1. The van der Waals surface area contributed by atoms with Crippen LogP contribution in [0.2, 0.25) is 0 Å². The summed E-state index contributed by atoms with van der Waals surface area (Å²) in [5.74, 6) is 0. The molecule has 1 aliphatic carbocycles. The zero-order chi connectivity index (χ0) is 14.2. The largest absolute Gasteiger partial charge is 0.390 e. The molecule has 20 heavy (non-hydrogen) atoms. The highest BCUT2D eigenvalue weighted by atomic mass is 32.2. The van der Waals surface area contributed by atoms with Crippen molar-refractivity contribution in [3.8, 4) is 0 Å². The van der Waals surface area contributed by atoms with E-state index >= 15 is 0 Å². The van der Waals surface area contributed by atoms with E-state index in [0.717, 1.165) is 12.8 Å². The Morgan fingerprint density at radius 3 is 2.65 bits per heavy atom. The van der Waals surface area contributed by atoms with Crippen LogP contribution in [0.4, 0.5) is 0 Å². The van der Waals surface area contributed by atoms with Gasteiger partial charge in [0.2, 0.25) is 0 Å². The first kappa shape index (κ1) is 14.0. The topological polar surface area (TPSA) is 83.8 Å². The normalized spacial score (nSPS) is 21.2. The Hall–Kier alpha value is -0.930. The van der Waals surface area contributed by atoms with E-state index in [1.807, 2.05) is 4.57 Å². The number of ether oxygens (including phenoxy) is 1. The molecule has 0 radical (unpaired) electrons. The molecule has 1 aromatic heterocycles. The van der Waals surface area contributed by atoms with Gasteiger partial charge >= 0.3 is 0 Å². The lowest BCUT2D eigenvalue weighted by Crippen LogP contribution is -2.48. The van der Waals surface area contributed by atoms with E-state index in [2.05, 4.69) is 4.83 Å². The molecule has 0 spiro atoms. The molecule has 2 heterocycles. The van der Waals surface area contributed by atoms with Crippen LogP contribution in [0.15, 0.2) is 17.2 Å². The van der Waals surface area contributed by atoms with Crippen LogP contribution < -0.4 is 4.83 Å². The Bertz CT molecular complexity index is 574. The van der Waals surface area contributed by atoms with E-state index < -0.39 is 10.0 Å². The summed E-state index contributed by atoms with van der Waals surface area (Å²) < 4.78 is 31.7. The number of aliphatic hydroxyl groups excluding tert-OH is 1. The maximum absolute atomic E-state index is 12.3. The van der Waals surface area contributed by atoms with E-state index in [1.54, 1.807) is 17.3 Å². The van der Waals surface area contributed by atoms with Crippen molar-refractivity contribution in [3.63, 3.8) is 0 Å². The van der Waals surface area contributed by atoms with Crippen LogP contribution in [0.1, 0.15) is 24.6 Å². The Balaban J connectivity index is 1.79. The number of nitrogens with one attached hydrogen (secondary N) is 1. The monoisotopic (exact) mass is 301 g/mol. The summed E-state index contributed by atoms with van der Waals surface area (Å²) in [6.07, 6.45) is 3.70. The zero-order valence-electron chi connectivity index (χ0n) is 11.2. The Morgan fingerprint density at radius 2 is 2.05 bits per heavy atom. The summed E-state index contributed by atoms with van der Waals surface area (Å²) in [5.41, 5.74) is 0.648. The molecule has 1 aliphatic heterocycles. The number of nitrogens with zero attached hydrogens (tertiary/aromatic N) is 2. The standard InChI is InChI=1S/C12H19N3O4S/c16-9-11-7-12(8-15(11)10-1-2-10)20(17,18)13-14-3-5-19-6-4-14/h7-8,10,13,16H,1-6,9H2. The van der Waals surface area contributed by atoms with Gasteiger partial charge in [-0.3, -0.25) is 0 Å². The first-order valence-electron chi connectivity index (χ1n) is 6.77. The number of hydrogen-bond acceptors (Lipinski definition) is 5. The maximum atomic E-state index is 12.3. The van der Waals surface area contributed by atoms with Crippen LogP contribution in [-0.2, 0) is 21.4 Å². The third-order valence-corrected chi connectivity index (χ3v) is 4.92. The van der Waals surface area contributed by atoms with E-state index in [9.17, 15) is 13.5 Å². The zero-order valence-corrected chi connectivity index (χ0v) is 12.0. The lowest BCUT2D eigenvalue weighted by Gasteiger charge is -2.26. The van der Waals surface area contributed by atoms with Gasteiger partial charge in [0.05, 0.1) is 19.8 Å². The van der Waals surface area contributed by atoms with Crippen molar-refractivity contribution in [1.82, 2.24) is 14.4 Å². The van der Waals surface area contributed by atoms with Gasteiger partial charge in [0.15, 0.2) is 0 Å². The molecule has 1 saturated carbocycles. The van der Waals surface area contributed by atoms with Crippen molar-refractivity contribution in [2.24, 2.45) is 0 Å². The van der Waals surface area contributed by atoms with Gasteiger partial charge in [-0.1, -0.05) is 0 Å². The van der Waals surface area contributed by atoms with Crippen LogP contribution in [0.5, 0.6) is 0 Å². The third kappa shape index (κ3) is 2.89. The molecule has 2 aliphatic rings. The highest BCUT2D eigenvalue weighted by molar-refractivity contribution is 7.89. The van der Waals surface area contributed by atoms with Gasteiger partial charge in [0.1, 0.15) is 4.90 Å². The molecule has 0 aromatic carbocycles. The summed E-state index contributed by atoms with van der Waals surface area (Å²) in [6, 6.07) is 1.88. The van der Waals surface area contributed by atoms with Crippen molar-refractivity contribution >= 4 is 10.0 Å². The second-order valence-electron chi connectivity index (χ2n) is 5.16. The molecular formula is C12H19N3O4S. The highest BCUT2D eigenvalue weighted by Gasteiger charge is 2.29. The Labute approximate surface area is 118 Å². The van der Waals surface area contributed by atoms with Crippen molar-refractivity contribution < 1.29 is 18.3 Å². The molecule has 7 nitrogen and oxygen atoms in total. The summed E-state index contributed by atoms with van der Waals surface area (Å²) in [7, 11) is -3.59. The minimum absolute atomic E-state index is 0.149. The molecule has 112 valence electrons. The second-order valence-corrected chi connectivity index (χ2v) is 6.82. The number of aromatic nitrogens is 1. The number of rotatable bonds is 5. The number of aliphatic hydroxyl groups is 1. The second kappa shape index (κ2) is 5.45. The average Bonchev–Trinajstić information content (AvgIpc) is 3.18. The molecular weight excluding hydrogens is 282 g/mol. The van der Waals surface area contributed by atoms with E-state index in [0.29, 0.717) is 38.0 Å². The fraction of sp³-hybridized carbons (Fsp3) is 0.667. The molecule has 0 unspecified atom stereocenters. The molecule has 2 fully saturated rings. The van der Waals surface area contributed by atoms with E-state index in [1.165, 1.54) is 0 Å². The predicted molar refractivity (Wildman–Crippen MR) is 71.3 cm³/mol. The van der Waals surface area contributed by atoms with E-state index in [-0.39, 0.29) is 11.5 Å². The lowest BCUT2D eigenvalue weighted by atomic mass is 10.4. The van der Waals surface area contributed by atoms with Crippen molar-refractivity contribution in [3.05, 3.63) is 18.0 Å². The predicted octanol–water partition coefficient (Wildman–Crippen LogP) is -0.159. The molecule has 2 N–H and O–H groups in total. The van der Waals surface area contributed by atoms with E-state index in [4.69, 9.17) is 4.74 Å². The average molecular weight is 301 g/mol. The fourth-order valence-electron chi connectivity index (χ4n) is 2.34. The lowest BCUT2D eigenvalue weighted by molar-refractivity contribution is 0.0272. The molecule has 1 aromatic rings. The summed E-state index contributed by atoms with van der Waals surface area (Å²) in [4.78, 5) is 2.77. The van der Waals surface area contributed by atoms with Gasteiger partial charge in [0, 0.05) is 31.0 Å². The van der Waals surface area contributed by atoms with Gasteiger partial charge in [-0.15, -0.1) is 4.83 Å².